The maximum absolute atomic E-state index is 14.7. The molecule has 3 aliphatic heterocycles. The van der Waals surface area contributed by atoms with E-state index < -0.39 is 0 Å². The molecule has 0 spiro atoms. The number of nitrogens with zero attached hydrogens (tertiary/aromatic N) is 2. The summed E-state index contributed by atoms with van der Waals surface area (Å²) in [7, 11) is 0. The average molecular weight is 477 g/mol. The van der Waals surface area contributed by atoms with E-state index in [1.807, 2.05) is 37.3 Å². The minimum atomic E-state index is -0.235. The molecule has 35 heavy (non-hydrogen) atoms. The van der Waals surface area contributed by atoms with Gasteiger partial charge < -0.3 is 20.1 Å². The van der Waals surface area contributed by atoms with E-state index in [1.165, 1.54) is 6.20 Å². The van der Waals surface area contributed by atoms with Gasteiger partial charge in [0.25, 0.3) is 5.91 Å². The Kier molecular flexibility index (Phi) is 5.45. The van der Waals surface area contributed by atoms with E-state index in [0.717, 1.165) is 59.8 Å². The minimum Gasteiger partial charge on any atom is -0.480 e. The molecular weight excluding hydrogens is 447 g/mol. The molecule has 0 radical (unpaired) electrons. The standard InChI is InChI=1S/C27H29FN4O3/c1-17-2-4-22-20(12-17)19(21(28)14-29-22)6-7-27-10-8-26(9-11-27,16-35-27)30-13-18-3-5-23-25(31-18)32-24(33)15-34-23/h2-5,12,14,30H,6-11,13,15-16H2,1H3,(H,31,32,33). The van der Waals surface area contributed by atoms with Crippen LogP contribution < -0.4 is 15.4 Å². The van der Waals surface area contributed by atoms with Gasteiger partial charge >= 0.3 is 0 Å². The first-order valence-corrected chi connectivity index (χ1v) is 12.3. The van der Waals surface area contributed by atoms with Crippen molar-refractivity contribution in [2.24, 2.45) is 0 Å². The van der Waals surface area contributed by atoms with Gasteiger partial charge in [-0.2, -0.15) is 0 Å². The van der Waals surface area contributed by atoms with Crippen LogP contribution in [0.2, 0.25) is 0 Å². The maximum atomic E-state index is 14.7. The molecule has 1 amide bonds. The molecule has 3 fully saturated rings. The topological polar surface area (TPSA) is 85.4 Å². The van der Waals surface area contributed by atoms with Crippen molar-refractivity contribution < 1.29 is 18.7 Å². The van der Waals surface area contributed by atoms with E-state index in [-0.39, 0.29) is 29.5 Å². The van der Waals surface area contributed by atoms with Gasteiger partial charge in [0, 0.05) is 17.5 Å². The van der Waals surface area contributed by atoms with Crippen LogP contribution in [0.4, 0.5) is 10.2 Å². The first-order chi connectivity index (χ1) is 16.9. The fourth-order valence-corrected chi connectivity index (χ4v) is 5.64. The monoisotopic (exact) mass is 476 g/mol. The van der Waals surface area contributed by atoms with Gasteiger partial charge in [-0.05, 0) is 75.3 Å². The number of carbonyl (C=O) groups excluding carboxylic acids is 1. The molecule has 1 aromatic carbocycles. The van der Waals surface area contributed by atoms with Crippen LogP contribution in [-0.4, -0.2) is 40.2 Å². The molecule has 8 heteroatoms. The maximum Gasteiger partial charge on any atom is 0.263 e. The fourth-order valence-electron chi connectivity index (χ4n) is 5.64. The second-order valence-corrected chi connectivity index (χ2v) is 10.2. The molecule has 4 aliphatic rings. The van der Waals surface area contributed by atoms with Crippen molar-refractivity contribution in [1.82, 2.24) is 15.3 Å². The third-order valence-electron chi connectivity index (χ3n) is 7.86. The highest BCUT2D eigenvalue weighted by atomic mass is 19.1. The Balaban J connectivity index is 1.10. The molecule has 7 nitrogen and oxygen atoms in total. The largest absolute Gasteiger partial charge is 0.480 e. The van der Waals surface area contributed by atoms with E-state index >= 15 is 0 Å². The molecule has 182 valence electrons. The molecular formula is C27H29FN4O3. The summed E-state index contributed by atoms with van der Waals surface area (Å²) in [6.07, 6.45) is 6.71. The third kappa shape index (κ3) is 4.25. The number of amides is 1. The van der Waals surface area contributed by atoms with Crippen LogP contribution in [0.25, 0.3) is 10.9 Å². The lowest BCUT2D eigenvalue weighted by atomic mass is 9.69. The number of benzene rings is 1. The lowest BCUT2D eigenvalue weighted by Gasteiger charge is -2.53. The highest BCUT2D eigenvalue weighted by Gasteiger charge is 2.49. The first-order valence-electron chi connectivity index (χ1n) is 12.3. The summed E-state index contributed by atoms with van der Waals surface area (Å²) in [5.41, 5.74) is 3.26. The van der Waals surface area contributed by atoms with Crippen molar-refractivity contribution in [3.05, 3.63) is 59.2 Å². The number of fused-ring (bicyclic) bond motifs is 5. The van der Waals surface area contributed by atoms with E-state index in [2.05, 4.69) is 20.6 Å². The van der Waals surface area contributed by atoms with E-state index in [4.69, 9.17) is 9.47 Å². The number of rotatable bonds is 6. The van der Waals surface area contributed by atoms with Gasteiger partial charge in [-0.15, -0.1) is 0 Å². The number of halogens is 1. The molecule has 2 aromatic heterocycles. The Bertz CT molecular complexity index is 1280. The molecule has 7 rings (SSSR count). The smallest absolute Gasteiger partial charge is 0.263 e. The number of hydrogen-bond donors (Lipinski definition) is 2. The summed E-state index contributed by atoms with van der Waals surface area (Å²) in [4.78, 5) is 20.4. The van der Waals surface area contributed by atoms with Crippen LogP contribution in [0.15, 0.2) is 36.5 Å². The number of pyridine rings is 2. The summed E-state index contributed by atoms with van der Waals surface area (Å²) in [5.74, 6) is 0.657. The van der Waals surface area contributed by atoms with Crippen molar-refractivity contribution in [1.29, 1.82) is 0 Å². The zero-order valence-electron chi connectivity index (χ0n) is 19.8. The van der Waals surface area contributed by atoms with Gasteiger partial charge in [-0.25, -0.2) is 9.37 Å². The van der Waals surface area contributed by atoms with Gasteiger partial charge in [0.1, 0.15) is 5.82 Å². The predicted octanol–water partition coefficient (Wildman–Crippen LogP) is 4.21. The Morgan fingerprint density at radius 2 is 2.03 bits per heavy atom. The van der Waals surface area contributed by atoms with E-state index in [1.54, 1.807) is 0 Å². The number of hydrogen-bond acceptors (Lipinski definition) is 6. The van der Waals surface area contributed by atoms with Gasteiger partial charge in [0.2, 0.25) is 0 Å². The van der Waals surface area contributed by atoms with Crippen molar-refractivity contribution in [3.63, 3.8) is 0 Å². The second kappa shape index (κ2) is 8.53. The molecule has 1 saturated carbocycles. The lowest BCUT2D eigenvalue weighted by molar-refractivity contribution is -0.165. The number of aromatic nitrogens is 2. The van der Waals surface area contributed by atoms with E-state index in [0.29, 0.717) is 31.1 Å². The molecule has 0 unspecified atom stereocenters. The van der Waals surface area contributed by atoms with Crippen molar-refractivity contribution >= 4 is 22.6 Å². The molecule has 2 saturated heterocycles. The number of ether oxygens (including phenoxy) is 2. The second-order valence-electron chi connectivity index (χ2n) is 10.2. The third-order valence-corrected chi connectivity index (χ3v) is 7.86. The van der Waals surface area contributed by atoms with Crippen LogP contribution in [0.3, 0.4) is 0 Å². The molecule has 5 heterocycles. The summed E-state index contributed by atoms with van der Waals surface area (Å²) in [6, 6.07) is 9.77. The molecule has 2 bridgehead atoms. The van der Waals surface area contributed by atoms with Gasteiger partial charge in [0.05, 0.1) is 29.6 Å². The molecule has 2 N–H and O–H groups in total. The van der Waals surface area contributed by atoms with Crippen molar-refractivity contribution in [2.75, 3.05) is 18.5 Å². The summed E-state index contributed by atoms with van der Waals surface area (Å²) in [5, 5.41) is 7.35. The van der Waals surface area contributed by atoms with Crippen LogP contribution in [-0.2, 0) is 22.5 Å². The normalized spacial score (nSPS) is 25.3. The number of aryl methyl sites for hydroxylation is 2. The summed E-state index contributed by atoms with van der Waals surface area (Å²) >= 11 is 0. The Labute approximate surface area is 203 Å². The summed E-state index contributed by atoms with van der Waals surface area (Å²) < 4.78 is 26.6. The van der Waals surface area contributed by atoms with Gasteiger partial charge in [0.15, 0.2) is 18.2 Å². The zero-order chi connectivity index (χ0) is 24.0. The summed E-state index contributed by atoms with van der Waals surface area (Å²) in [6.45, 7) is 3.27. The zero-order valence-corrected chi connectivity index (χ0v) is 19.8. The Morgan fingerprint density at radius 1 is 1.17 bits per heavy atom. The quantitative estimate of drug-likeness (QED) is 0.554. The van der Waals surface area contributed by atoms with Crippen molar-refractivity contribution in [3.8, 4) is 5.75 Å². The van der Waals surface area contributed by atoms with Gasteiger partial charge in [-0.3, -0.25) is 9.78 Å². The van der Waals surface area contributed by atoms with Crippen molar-refractivity contribution in [2.45, 2.75) is 63.1 Å². The average Bonchev–Trinajstić information content (AvgIpc) is 2.88. The highest BCUT2D eigenvalue weighted by molar-refractivity contribution is 5.94. The van der Waals surface area contributed by atoms with Crippen LogP contribution >= 0.6 is 0 Å². The number of nitrogens with one attached hydrogen (secondary N) is 2. The molecule has 1 aliphatic carbocycles. The van der Waals surface area contributed by atoms with Crippen LogP contribution in [0, 0.1) is 12.7 Å². The predicted molar refractivity (Wildman–Crippen MR) is 130 cm³/mol. The van der Waals surface area contributed by atoms with Crippen LogP contribution in [0.1, 0.15) is 48.9 Å². The SMILES string of the molecule is Cc1ccc2ncc(F)c(CCC34CCC(NCc5ccc6c(n5)NC(=O)CO6)(CC3)CO4)c2c1. The minimum absolute atomic E-state index is 0.0259. The highest BCUT2D eigenvalue weighted by Crippen LogP contribution is 2.46. The Hall–Kier alpha value is -3.10. The molecule has 0 atom stereocenters. The van der Waals surface area contributed by atoms with Crippen LogP contribution in [0.5, 0.6) is 5.75 Å². The fraction of sp³-hybridized carbons (Fsp3) is 0.444. The number of anilines is 1. The first kappa shape index (κ1) is 22.4. The van der Waals surface area contributed by atoms with E-state index in [9.17, 15) is 9.18 Å². The number of carbonyl (C=O) groups is 1. The lowest BCUT2D eigenvalue weighted by Crippen LogP contribution is -2.61. The van der Waals surface area contributed by atoms with Gasteiger partial charge in [-0.1, -0.05) is 11.6 Å². The molecule has 3 aromatic rings. The Morgan fingerprint density at radius 3 is 2.83 bits per heavy atom.